The van der Waals surface area contributed by atoms with E-state index in [1.807, 2.05) is 16.8 Å². The van der Waals surface area contributed by atoms with Crippen LogP contribution in [0.3, 0.4) is 0 Å². The third-order valence-electron chi connectivity index (χ3n) is 3.31. The van der Waals surface area contributed by atoms with Crippen molar-refractivity contribution in [1.82, 2.24) is 9.80 Å². The predicted molar refractivity (Wildman–Crippen MR) is 64.2 cm³/mol. The number of piperidine rings is 1. The number of carbonyl (C=O) groups is 1. The summed E-state index contributed by atoms with van der Waals surface area (Å²) in [4.78, 5) is 16.0. The summed E-state index contributed by atoms with van der Waals surface area (Å²) in [6.45, 7) is 4.16. The topological polar surface area (TPSA) is 43.8 Å². The van der Waals surface area contributed by atoms with Crippen LogP contribution in [0, 0.1) is 0 Å². The highest BCUT2D eigenvalue weighted by Gasteiger charge is 2.25. The van der Waals surface area contributed by atoms with E-state index in [2.05, 4.69) is 6.92 Å². The second kappa shape index (κ2) is 6.86. The molecule has 1 fully saturated rings. The molecule has 1 heterocycles. The summed E-state index contributed by atoms with van der Waals surface area (Å²) < 4.78 is 0. The number of hydrogen-bond donors (Lipinski definition) is 1. The standard InChI is InChI=1S/C12H24N2O2/c1-3-11-6-4-5-7-14(11)12(16)10-13(2)8-9-15/h11,15H,3-10H2,1-2H3. The van der Waals surface area contributed by atoms with E-state index in [1.165, 1.54) is 6.42 Å². The molecule has 16 heavy (non-hydrogen) atoms. The van der Waals surface area contributed by atoms with Gasteiger partial charge in [0, 0.05) is 19.1 Å². The van der Waals surface area contributed by atoms with Crippen LogP contribution in [-0.4, -0.2) is 60.1 Å². The molecule has 1 amide bonds. The lowest BCUT2D eigenvalue weighted by molar-refractivity contribution is -0.135. The van der Waals surface area contributed by atoms with E-state index in [4.69, 9.17) is 5.11 Å². The average Bonchev–Trinajstić information content (AvgIpc) is 2.29. The molecule has 0 spiro atoms. The van der Waals surface area contributed by atoms with Crippen LogP contribution < -0.4 is 0 Å². The second-order valence-corrected chi connectivity index (χ2v) is 4.61. The molecule has 0 bridgehead atoms. The minimum Gasteiger partial charge on any atom is -0.395 e. The van der Waals surface area contributed by atoms with Crippen LogP contribution in [0.25, 0.3) is 0 Å². The Morgan fingerprint density at radius 3 is 2.88 bits per heavy atom. The molecular weight excluding hydrogens is 204 g/mol. The van der Waals surface area contributed by atoms with Gasteiger partial charge in [0.15, 0.2) is 0 Å². The molecule has 4 heteroatoms. The number of carbonyl (C=O) groups excluding carboxylic acids is 1. The van der Waals surface area contributed by atoms with Gasteiger partial charge in [-0.1, -0.05) is 6.92 Å². The Morgan fingerprint density at radius 2 is 2.25 bits per heavy atom. The molecule has 4 nitrogen and oxygen atoms in total. The largest absolute Gasteiger partial charge is 0.395 e. The van der Waals surface area contributed by atoms with Crippen molar-refractivity contribution in [2.45, 2.75) is 38.6 Å². The molecule has 0 aromatic heterocycles. The van der Waals surface area contributed by atoms with Gasteiger partial charge in [-0.05, 0) is 32.7 Å². The first-order valence-corrected chi connectivity index (χ1v) is 6.28. The van der Waals surface area contributed by atoms with E-state index < -0.39 is 0 Å². The quantitative estimate of drug-likeness (QED) is 0.753. The van der Waals surface area contributed by atoms with Crippen molar-refractivity contribution >= 4 is 5.91 Å². The van der Waals surface area contributed by atoms with E-state index in [0.717, 1.165) is 25.8 Å². The monoisotopic (exact) mass is 228 g/mol. The third kappa shape index (κ3) is 3.76. The summed E-state index contributed by atoms with van der Waals surface area (Å²) in [6.07, 6.45) is 4.57. The third-order valence-corrected chi connectivity index (χ3v) is 3.31. The number of amides is 1. The fourth-order valence-corrected chi connectivity index (χ4v) is 2.32. The smallest absolute Gasteiger partial charge is 0.236 e. The Kier molecular flexibility index (Phi) is 5.77. The maximum atomic E-state index is 12.1. The van der Waals surface area contributed by atoms with Gasteiger partial charge >= 0.3 is 0 Å². The summed E-state index contributed by atoms with van der Waals surface area (Å²) in [6, 6.07) is 0.434. The molecule has 0 aromatic carbocycles. The Balaban J connectivity index is 2.44. The van der Waals surface area contributed by atoms with E-state index in [-0.39, 0.29) is 12.5 Å². The zero-order chi connectivity index (χ0) is 12.0. The number of likely N-dealkylation sites (tertiary alicyclic amines) is 1. The maximum absolute atomic E-state index is 12.1. The molecule has 0 aliphatic carbocycles. The van der Waals surface area contributed by atoms with Crippen LogP contribution in [-0.2, 0) is 4.79 Å². The minimum atomic E-state index is 0.112. The first kappa shape index (κ1) is 13.5. The molecule has 1 aliphatic rings. The Labute approximate surface area is 98.2 Å². The Morgan fingerprint density at radius 1 is 1.50 bits per heavy atom. The Bertz CT molecular complexity index is 221. The van der Waals surface area contributed by atoms with Crippen molar-refractivity contribution < 1.29 is 9.90 Å². The van der Waals surface area contributed by atoms with Crippen LogP contribution in [0.2, 0.25) is 0 Å². The van der Waals surface area contributed by atoms with Crippen LogP contribution in [0.5, 0.6) is 0 Å². The number of aliphatic hydroxyl groups excluding tert-OH is 1. The molecule has 1 atom stereocenters. The molecule has 1 N–H and O–H groups in total. The summed E-state index contributed by atoms with van der Waals surface area (Å²) in [5.74, 6) is 0.211. The van der Waals surface area contributed by atoms with E-state index >= 15 is 0 Å². The number of hydrogen-bond acceptors (Lipinski definition) is 3. The second-order valence-electron chi connectivity index (χ2n) is 4.61. The number of aliphatic hydroxyl groups is 1. The lowest BCUT2D eigenvalue weighted by Crippen LogP contribution is -2.47. The van der Waals surface area contributed by atoms with E-state index in [1.54, 1.807) is 0 Å². The van der Waals surface area contributed by atoms with Crippen LogP contribution in [0.15, 0.2) is 0 Å². The van der Waals surface area contributed by atoms with Crippen molar-refractivity contribution in [3.05, 3.63) is 0 Å². The fourth-order valence-electron chi connectivity index (χ4n) is 2.32. The molecule has 94 valence electrons. The van der Waals surface area contributed by atoms with Crippen LogP contribution in [0.1, 0.15) is 32.6 Å². The van der Waals surface area contributed by atoms with Gasteiger partial charge in [-0.2, -0.15) is 0 Å². The van der Waals surface area contributed by atoms with Gasteiger partial charge in [-0.3, -0.25) is 9.69 Å². The summed E-state index contributed by atoms with van der Waals surface area (Å²) >= 11 is 0. The molecule has 1 rings (SSSR count). The van der Waals surface area contributed by atoms with Gasteiger partial charge in [-0.25, -0.2) is 0 Å². The highest BCUT2D eigenvalue weighted by molar-refractivity contribution is 5.78. The molecule has 1 saturated heterocycles. The molecule has 1 aliphatic heterocycles. The van der Waals surface area contributed by atoms with Crippen molar-refractivity contribution in [3.63, 3.8) is 0 Å². The van der Waals surface area contributed by atoms with Gasteiger partial charge < -0.3 is 10.0 Å². The SMILES string of the molecule is CCC1CCCCN1C(=O)CN(C)CCO. The lowest BCUT2D eigenvalue weighted by atomic mass is 10.00. The van der Waals surface area contributed by atoms with Crippen LogP contribution in [0.4, 0.5) is 0 Å². The molecule has 0 saturated carbocycles. The van der Waals surface area contributed by atoms with Gasteiger partial charge in [-0.15, -0.1) is 0 Å². The normalized spacial score (nSPS) is 21.5. The van der Waals surface area contributed by atoms with E-state index in [9.17, 15) is 4.79 Å². The molecule has 1 unspecified atom stereocenters. The molecule has 0 aromatic rings. The summed E-state index contributed by atoms with van der Waals surface area (Å²) in [7, 11) is 1.87. The Hall–Kier alpha value is -0.610. The number of likely N-dealkylation sites (N-methyl/N-ethyl adjacent to an activating group) is 1. The number of nitrogens with zero attached hydrogens (tertiary/aromatic N) is 2. The average molecular weight is 228 g/mol. The van der Waals surface area contributed by atoms with Crippen LogP contribution >= 0.6 is 0 Å². The summed E-state index contributed by atoms with van der Waals surface area (Å²) in [5.41, 5.74) is 0. The first-order chi connectivity index (χ1) is 7.69. The van der Waals surface area contributed by atoms with Crippen molar-refractivity contribution in [2.75, 3.05) is 33.3 Å². The highest BCUT2D eigenvalue weighted by atomic mass is 16.3. The fraction of sp³-hybridized carbons (Fsp3) is 0.917. The van der Waals surface area contributed by atoms with Crippen molar-refractivity contribution in [1.29, 1.82) is 0 Å². The zero-order valence-corrected chi connectivity index (χ0v) is 10.5. The van der Waals surface area contributed by atoms with Crippen molar-refractivity contribution in [3.8, 4) is 0 Å². The first-order valence-electron chi connectivity index (χ1n) is 6.28. The van der Waals surface area contributed by atoms with Gasteiger partial charge in [0.2, 0.25) is 5.91 Å². The predicted octanol–water partition coefficient (Wildman–Crippen LogP) is 0.702. The highest BCUT2D eigenvalue weighted by Crippen LogP contribution is 2.19. The molecule has 0 radical (unpaired) electrons. The zero-order valence-electron chi connectivity index (χ0n) is 10.5. The van der Waals surface area contributed by atoms with E-state index in [0.29, 0.717) is 19.1 Å². The lowest BCUT2D eigenvalue weighted by Gasteiger charge is -2.36. The van der Waals surface area contributed by atoms with Crippen molar-refractivity contribution in [2.24, 2.45) is 0 Å². The minimum absolute atomic E-state index is 0.112. The van der Waals surface area contributed by atoms with Gasteiger partial charge in [0.25, 0.3) is 0 Å². The van der Waals surface area contributed by atoms with Gasteiger partial charge in [0.05, 0.1) is 13.2 Å². The maximum Gasteiger partial charge on any atom is 0.236 e. The number of rotatable bonds is 5. The van der Waals surface area contributed by atoms with Gasteiger partial charge in [0.1, 0.15) is 0 Å². The molecular formula is C12H24N2O2. The summed E-state index contributed by atoms with van der Waals surface area (Å²) in [5, 5.41) is 8.79.